The molecule has 0 spiro atoms. The summed E-state index contributed by atoms with van der Waals surface area (Å²) in [6.45, 7) is 5.04. The standard InChI is InChI=1S/C27H34F2N7O10P/c1-15(24(38)45-16(2)19-12-31-26(34(19)4)36(39)40)33-47(41,43-13-18-8-6-7-9-20(18)42-5)44-14-21-23(37)27(28,29)25(46-21)35-11-10-22(30)32-17(35)3/h6-12,15-16,21,23,25,37H,3,13-14H2,1-2,4-5H3,(H2,30,32)(H,33,41)/t15-,16?,21+,23-,25+,47?/m0/s1. The largest absolute Gasteiger partial charge is 0.496 e. The van der Waals surface area contributed by atoms with E-state index in [1.165, 1.54) is 46.5 Å². The lowest BCUT2D eigenvalue weighted by atomic mass is 10.1. The summed E-state index contributed by atoms with van der Waals surface area (Å²) in [6, 6.07) is 5.19. The van der Waals surface area contributed by atoms with Crippen molar-refractivity contribution in [2.24, 2.45) is 17.8 Å². The molecule has 0 saturated carbocycles. The second-order valence-corrected chi connectivity index (χ2v) is 12.2. The van der Waals surface area contributed by atoms with Crippen LogP contribution in [0.3, 0.4) is 0 Å². The predicted octanol–water partition coefficient (Wildman–Crippen LogP) is 2.64. The van der Waals surface area contributed by atoms with Gasteiger partial charge in [-0.1, -0.05) is 29.8 Å². The summed E-state index contributed by atoms with van der Waals surface area (Å²) in [4.78, 5) is 31.8. The third-order valence-corrected chi connectivity index (χ3v) is 8.82. The number of aliphatic hydroxyl groups excluding tert-OH is 1. The Labute approximate surface area is 267 Å². The Bertz CT molecular complexity index is 1620. The number of carbonyl (C=O) groups excluding carboxylic acids is 1. The molecule has 1 fully saturated rings. The quantitative estimate of drug-likeness (QED) is 0.113. The number of hydrogen-bond donors (Lipinski definition) is 3. The molecule has 256 valence electrons. The third-order valence-electron chi connectivity index (χ3n) is 7.16. The lowest BCUT2D eigenvalue weighted by Crippen LogP contribution is -2.47. The second-order valence-electron chi connectivity index (χ2n) is 10.4. The van der Waals surface area contributed by atoms with Gasteiger partial charge in [-0.3, -0.25) is 13.8 Å². The minimum absolute atomic E-state index is 0.0240. The zero-order valence-corrected chi connectivity index (χ0v) is 26.6. The zero-order valence-electron chi connectivity index (χ0n) is 25.7. The van der Waals surface area contributed by atoms with Gasteiger partial charge >= 0.3 is 25.6 Å². The number of amidine groups is 1. The minimum Gasteiger partial charge on any atom is -0.496 e. The Morgan fingerprint density at radius 2 is 2.04 bits per heavy atom. The number of halogens is 2. The molecule has 2 aliphatic rings. The Hall–Kier alpha value is -4.26. The fourth-order valence-corrected chi connectivity index (χ4v) is 6.11. The monoisotopic (exact) mass is 685 g/mol. The number of rotatable bonds is 14. The molecule has 3 heterocycles. The van der Waals surface area contributed by atoms with Crippen LogP contribution in [-0.2, 0) is 41.5 Å². The Kier molecular flexibility index (Phi) is 10.8. The zero-order chi connectivity index (χ0) is 34.7. The van der Waals surface area contributed by atoms with Crippen molar-refractivity contribution < 1.29 is 51.4 Å². The van der Waals surface area contributed by atoms with E-state index in [9.17, 15) is 24.6 Å². The molecule has 20 heteroatoms. The molecule has 4 rings (SSSR count). The number of benzene rings is 1. The average molecular weight is 686 g/mol. The number of nitrogens with one attached hydrogen (secondary N) is 1. The van der Waals surface area contributed by atoms with E-state index in [2.05, 4.69) is 21.6 Å². The van der Waals surface area contributed by atoms with Gasteiger partial charge in [-0.15, -0.1) is 0 Å². The van der Waals surface area contributed by atoms with Gasteiger partial charge in [0.15, 0.2) is 17.9 Å². The van der Waals surface area contributed by atoms with Crippen molar-refractivity contribution in [1.29, 1.82) is 0 Å². The van der Waals surface area contributed by atoms with E-state index in [1.54, 1.807) is 24.3 Å². The molecule has 0 aliphatic carbocycles. The number of para-hydroxylation sites is 1. The van der Waals surface area contributed by atoms with Crippen LogP contribution in [0.4, 0.5) is 14.7 Å². The van der Waals surface area contributed by atoms with E-state index < -0.39 is 67.7 Å². The molecule has 0 bridgehead atoms. The maximum Gasteiger partial charge on any atom is 0.434 e. The summed E-state index contributed by atoms with van der Waals surface area (Å²) < 4.78 is 72.6. The van der Waals surface area contributed by atoms with Gasteiger partial charge in [-0.05, 0) is 30.9 Å². The first-order chi connectivity index (χ1) is 22.1. The normalized spacial score (nSPS) is 23.1. The molecule has 1 saturated heterocycles. The van der Waals surface area contributed by atoms with Crippen LogP contribution in [0.5, 0.6) is 5.75 Å². The van der Waals surface area contributed by atoms with E-state index in [-0.39, 0.29) is 24.0 Å². The lowest BCUT2D eigenvalue weighted by molar-refractivity contribution is -0.396. The number of aromatic nitrogens is 2. The van der Waals surface area contributed by atoms with E-state index >= 15 is 8.78 Å². The number of aliphatic hydroxyl groups is 1. The van der Waals surface area contributed by atoms with Crippen LogP contribution in [-0.4, -0.2) is 80.4 Å². The van der Waals surface area contributed by atoms with E-state index in [4.69, 9.17) is 29.0 Å². The highest BCUT2D eigenvalue weighted by molar-refractivity contribution is 7.51. The van der Waals surface area contributed by atoms with Crippen molar-refractivity contribution in [1.82, 2.24) is 19.5 Å². The van der Waals surface area contributed by atoms with Crippen molar-refractivity contribution in [3.63, 3.8) is 0 Å². The Morgan fingerprint density at radius 3 is 2.68 bits per heavy atom. The van der Waals surface area contributed by atoms with Gasteiger partial charge in [-0.2, -0.15) is 8.78 Å². The van der Waals surface area contributed by atoms with Crippen molar-refractivity contribution in [3.05, 3.63) is 76.5 Å². The SMILES string of the molecule is C=C1N=C(N)C=CN1[C@@H]1O[C@H](COP(=O)(N[C@@H](C)C(=O)OC(C)c2cnc([N+](=O)[O-])n2C)OCc2ccccc2OC)[C@H](O)C1(F)F. The van der Waals surface area contributed by atoms with Crippen LogP contribution in [0, 0.1) is 10.1 Å². The third kappa shape index (κ3) is 7.83. The van der Waals surface area contributed by atoms with Crippen LogP contribution in [0.1, 0.15) is 31.2 Å². The number of methoxy groups -OCH3 is 1. The van der Waals surface area contributed by atoms with Crippen molar-refractivity contribution in [2.45, 2.75) is 57.0 Å². The second kappa shape index (κ2) is 14.2. The molecule has 17 nitrogen and oxygen atoms in total. The van der Waals surface area contributed by atoms with E-state index in [0.717, 1.165) is 9.47 Å². The number of nitrogens with zero attached hydrogens (tertiary/aromatic N) is 5. The number of alkyl halides is 2. The fraction of sp³-hybridized carbons (Fsp3) is 0.444. The molecule has 2 aromatic rings. The van der Waals surface area contributed by atoms with Gasteiger partial charge in [0.05, 0.1) is 27.4 Å². The van der Waals surface area contributed by atoms with Crippen molar-refractivity contribution in [2.75, 3.05) is 13.7 Å². The molecule has 1 aromatic heterocycles. The van der Waals surface area contributed by atoms with Crippen LogP contribution >= 0.6 is 7.75 Å². The van der Waals surface area contributed by atoms with Gasteiger partial charge in [0.25, 0.3) is 0 Å². The fourth-order valence-electron chi connectivity index (χ4n) is 4.65. The number of aliphatic imine (C=N–C) groups is 1. The molecule has 2 unspecified atom stereocenters. The highest BCUT2D eigenvalue weighted by Crippen LogP contribution is 2.48. The summed E-state index contributed by atoms with van der Waals surface area (Å²) >= 11 is 0. The number of nitro groups is 1. The molecule has 6 atom stereocenters. The highest BCUT2D eigenvalue weighted by Gasteiger charge is 2.61. The molecule has 0 radical (unpaired) electrons. The van der Waals surface area contributed by atoms with Gasteiger partial charge in [-0.25, -0.2) is 19.2 Å². The van der Waals surface area contributed by atoms with E-state index in [1.807, 2.05) is 0 Å². The van der Waals surface area contributed by atoms with Crippen LogP contribution < -0.4 is 15.6 Å². The first-order valence-electron chi connectivity index (χ1n) is 13.9. The molecule has 0 amide bonds. The lowest BCUT2D eigenvalue weighted by Gasteiger charge is -2.31. The smallest absolute Gasteiger partial charge is 0.434 e. The minimum atomic E-state index is -4.58. The maximum atomic E-state index is 15.2. The number of imidazole rings is 1. The summed E-state index contributed by atoms with van der Waals surface area (Å²) in [6.07, 6.45) is -3.66. The maximum absolute atomic E-state index is 15.2. The predicted molar refractivity (Wildman–Crippen MR) is 160 cm³/mol. The van der Waals surface area contributed by atoms with Crippen LogP contribution in [0.2, 0.25) is 0 Å². The number of ether oxygens (including phenoxy) is 3. The first kappa shape index (κ1) is 35.6. The van der Waals surface area contributed by atoms with Crippen LogP contribution in [0.25, 0.3) is 0 Å². The number of carbonyl (C=O) groups is 1. The van der Waals surface area contributed by atoms with Crippen LogP contribution in [0.15, 0.2) is 60.1 Å². The summed E-state index contributed by atoms with van der Waals surface area (Å²) in [5.74, 6) is -5.08. The highest BCUT2D eigenvalue weighted by atomic mass is 31.2. The molecule has 4 N–H and O–H groups in total. The van der Waals surface area contributed by atoms with Gasteiger partial charge in [0, 0.05) is 11.8 Å². The van der Waals surface area contributed by atoms with Crippen molar-refractivity contribution >= 4 is 25.5 Å². The average Bonchev–Trinajstić information content (AvgIpc) is 3.51. The van der Waals surface area contributed by atoms with Gasteiger partial charge in [0.1, 0.15) is 35.7 Å². The molecular weight excluding hydrogens is 651 g/mol. The van der Waals surface area contributed by atoms with Gasteiger partial charge < -0.3 is 40.1 Å². The first-order valence-corrected chi connectivity index (χ1v) is 15.5. The summed E-state index contributed by atoms with van der Waals surface area (Å²) in [5, 5.41) is 24.0. The topological polar surface area (TPSA) is 215 Å². The molecule has 47 heavy (non-hydrogen) atoms. The Balaban J connectivity index is 1.50. The van der Waals surface area contributed by atoms with Gasteiger partial charge in [0.2, 0.25) is 6.23 Å². The van der Waals surface area contributed by atoms with E-state index in [0.29, 0.717) is 11.3 Å². The molecule has 1 aromatic carbocycles. The van der Waals surface area contributed by atoms with Crippen molar-refractivity contribution in [3.8, 4) is 5.75 Å². The molecule has 2 aliphatic heterocycles. The summed E-state index contributed by atoms with van der Waals surface area (Å²) in [7, 11) is -1.81. The Morgan fingerprint density at radius 1 is 1.34 bits per heavy atom. The molecular formula is C27H34F2N7O10P. The summed E-state index contributed by atoms with van der Waals surface area (Å²) in [5.41, 5.74) is 6.22. The number of hydrogen-bond acceptors (Lipinski definition) is 14. The number of esters is 1. The number of nitrogens with two attached hydrogens (primary N) is 1.